The molecule has 1 amide bonds. The number of carbonyl (C=O) groups is 1. The predicted octanol–water partition coefficient (Wildman–Crippen LogP) is 2.37. The van der Waals surface area contributed by atoms with Crippen molar-refractivity contribution in [1.29, 1.82) is 0 Å². The Morgan fingerprint density at radius 3 is 2.55 bits per heavy atom. The zero-order valence-corrected chi connectivity index (χ0v) is 12.0. The summed E-state index contributed by atoms with van der Waals surface area (Å²) in [7, 11) is 0. The lowest BCUT2D eigenvalue weighted by molar-refractivity contribution is 0.0947. The molecule has 6 heteroatoms. The summed E-state index contributed by atoms with van der Waals surface area (Å²) < 4.78 is 5.55. The van der Waals surface area contributed by atoms with E-state index in [9.17, 15) is 4.79 Å². The van der Waals surface area contributed by atoms with Gasteiger partial charge in [-0.1, -0.05) is 17.7 Å². The van der Waals surface area contributed by atoms with Gasteiger partial charge in [0, 0.05) is 23.5 Å². The zero-order valence-electron chi connectivity index (χ0n) is 12.0. The van der Waals surface area contributed by atoms with E-state index in [0.29, 0.717) is 17.3 Å². The van der Waals surface area contributed by atoms with Crippen molar-refractivity contribution in [2.45, 2.75) is 13.5 Å². The van der Waals surface area contributed by atoms with Gasteiger partial charge in [-0.3, -0.25) is 9.78 Å². The van der Waals surface area contributed by atoms with Gasteiger partial charge < -0.3 is 9.73 Å². The fraction of sp³-hybridized carbons (Fsp3) is 0.125. The van der Waals surface area contributed by atoms with Gasteiger partial charge in [-0.2, -0.15) is 0 Å². The second kappa shape index (κ2) is 6.17. The summed E-state index contributed by atoms with van der Waals surface area (Å²) in [4.78, 5) is 15.8. The molecular weight excluding hydrogens is 280 g/mol. The minimum absolute atomic E-state index is 0.181. The molecular formula is C16H14N4O2. The van der Waals surface area contributed by atoms with Crippen molar-refractivity contribution in [2.75, 3.05) is 0 Å². The molecule has 0 spiro atoms. The fourth-order valence-corrected chi connectivity index (χ4v) is 1.90. The third-order valence-corrected chi connectivity index (χ3v) is 3.11. The molecule has 0 aliphatic rings. The van der Waals surface area contributed by atoms with Crippen LogP contribution in [0.1, 0.15) is 21.8 Å². The Kier molecular flexibility index (Phi) is 3.91. The summed E-state index contributed by atoms with van der Waals surface area (Å²) >= 11 is 0. The largest absolute Gasteiger partial charge is 0.419 e. The first-order valence-corrected chi connectivity index (χ1v) is 6.80. The van der Waals surface area contributed by atoms with E-state index in [4.69, 9.17) is 4.42 Å². The van der Waals surface area contributed by atoms with Gasteiger partial charge in [0.05, 0.1) is 6.54 Å². The number of benzene rings is 1. The summed E-state index contributed by atoms with van der Waals surface area (Å²) in [6, 6.07) is 11.1. The number of pyridine rings is 1. The van der Waals surface area contributed by atoms with Crippen LogP contribution in [0.3, 0.4) is 0 Å². The molecule has 0 saturated carbocycles. The number of nitrogens with zero attached hydrogens (tertiary/aromatic N) is 3. The molecule has 0 aliphatic heterocycles. The Balaban J connectivity index is 1.65. The maximum absolute atomic E-state index is 11.9. The Morgan fingerprint density at radius 2 is 1.82 bits per heavy atom. The molecule has 0 unspecified atom stereocenters. The minimum Gasteiger partial charge on any atom is -0.419 e. The number of rotatable bonds is 4. The van der Waals surface area contributed by atoms with E-state index >= 15 is 0 Å². The Morgan fingerprint density at radius 1 is 1.09 bits per heavy atom. The van der Waals surface area contributed by atoms with Gasteiger partial charge >= 0.3 is 0 Å². The number of hydrogen-bond donors (Lipinski definition) is 1. The van der Waals surface area contributed by atoms with Crippen LogP contribution in [0.5, 0.6) is 0 Å². The third kappa shape index (κ3) is 3.17. The molecule has 3 aromatic rings. The van der Waals surface area contributed by atoms with Crippen molar-refractivity contribution >= 4 is 5.91 Å². The molecule has 6 nitrogen and oxygen atoms in total. The van der Waals surface area contributed by atoms with Crippen LogP contribution in [0.25, 0.3) is 11.5 Å². The quantitative estimate of drug-likeness (QED) is 0.799. The number of amides is 1. The topological polar surface area (TPSA) is 80.9 Å². The molecule has 22 heavy (non-hydrogen) atoms. The van der Waals surface area contributed by atoms with E-state index in [-0.39, 0.29) is 12.5 Å². The third-order valence-electron chi connectivity index (χ3n) is 3.11. The molecule has 0 fully saturated rings. The number of aryl methyl sites for hydroxylation is 1. The van der Waals surface area contributed by atoms with Crippen molar-refractivity contribution in [3.05, 3.63) is 65.8 Å². The Hall–Kier alpha value is -3.02. The maximum Gasteiger partial charge on any atom is 0.251 e. The van der Waals surface area contributed by atoms with Gasteiger partial charge in [0.15, 0.2) is 0 Å². The highest BCUT2D eigenvalue weighted by molar-refractivity contribution is 5.93. The molecule has 3 rings (SSSR count). The minimum atomic E-state index is -0.211. The van der Waals surface area contributed by atoms with Crippen LogP contribution in [0.2, 0.25) is 0 Å². The Bertz CT molecular complexity index is 766. The molecule has 1 N–H and O–H groups in total. The van der Waals surface area contributed by atoms with Crippen LogP contribution in [-0.2, 0) is 6.54 Å². The van der Waals surface area contributed by atoms with Crippen molar-refractivity contribution in [1.82, 2.24) is 20.5 Å². The lowest BCUT2D eigenvalue weighted by Gasteiger charge is -2.01. The van der Waals surface area contributed by atoms with E-state index in [1.807, 2.05) is 31.2 Å². The number of hydrogen-bond acceptors (Lipinski definition) is 5. The molecule has 0 saturated heterocycles. The van der Waals surface area contributed by atoms with Crippen LogP contribution in [0, 0.1) is 6.92 Å². The molecule has 0 atom stereocenters. The van der Waals surface area contributed by atoms with Crippen LogP contribution in [-0.4, -0.2) is 21.1 Å². The van der Waals surface area contributed by atoms with Crippen LogP contribution in [0.15, 0.2) is 53.2 Å². The van der Waals surface area contributed by atoms with Gasteiger partial charge in [0.25, 0.3) is 5.91 Å². The first-order valence-electron chi connectivity index (χ1n) is 6.80. The lowest BCUT2D eigenvalue weighted by Crippen LogP contribution is -2.22. The van der Waals surface area contributed by atoms with Gasteiger partial charge in [0.1, 0.15) is 0 Å². The molecule has 0 bridgehead atoms. The van der Waals surface area contributed by atoms with Gasteiger partial charge in [-0.15, -0.1) is 10.2 Å². The van der Waals surface area contributed by atoms with Crippen molar-refractivity contribution < 1.29 is 9.21 Å². The maximum atomic E-state index is 11.9. The molecule has 1 aromatic carbocycles. The molecule has 0 aliphatic carbocycles. The van der Waals surface area contributed by atoms with Gasteiger partial charge in [-0.25, -0.2) is 0 Å². The molecule has 2 heterocycles. The van der Waals surface area contributed by atoms with Gasteiger partial charge in [-0.05, 0) is 31.2 Å². The number of aromatic nitrogens is 3. The smallest absolute Gasteiger partial charge is 0.251 e. The molecule has 0 radical (unpaired) electrons. The highest BCUT2D eigenvalue weighted by Gasteiger charge is 2.10. The van der Waals surface area contributed by atoms with Gasteiger partial charge in [0.2, 0.25) is 11.8 Å². The first-order chi connectivity index (χ1) is 10.7. The number of nitrogens with one attached hydrogen (secondary N) is 1. The highest BCUT2D eigenvalue weighted by atomic mass is 16.4. The lowest BCUT2D eigenvalue weighted by atomic mass is 10.1. The van der Waals surface area contributed by atoms with Crippen molar-refractivity contribution in [2.24, 2.45) is 0 Å². The fourth-order valence-electron chi connectivity index (χ4n) is 1.90. The van der Waals surface area contributed by atoms with Crippen LogP contribution < -0.4 is 5.32 Å². The van der Waals surface area contributed by atoms with Crippen molar-refractivity contribution in [3.8, 4) is 11.5 Å². The zero-order chi connectivity index (χ0) is 15.4. The van der Waals surface area contributed by atoms with E-state index in [1.165, 1.54) is 0 Å². The normalized spacial score (nSPS) is 10.4. The molecule has 110 valence electrons. The van der Waals surface area contributed by atoms with Crippen LogP contribution >= 0.6 is 0 Å². The van der Waals surface area contributed by atoms with E-state index in [1.54, 1.807) is 24.5 Å². The number of carbonyl (C=O) groups excluding carboxylic acids is 1. The van der Waals surface area contributed by atoms with E-state index in [2.05, 4.69) is 20.5 Å². The Labute approximate surface area is 127 Å². The summed E-state index contributed by atoms with van der Waals surface area (Å²) in [6.45, 7) is 2.19. The summed E-state index contributed by atoms with van der Waals surface area (Å²) in [5.74, 6) is 0.587. The van der Waals surface area contributed by atoms with E-state index in [0.717, 1.165) is 11.1 Å². The second-order valence-corrected chi connectivity index (χ2v) is 4.79. The molecule has 2 aromatic heterocycles. The SMILES string of the molecule is Cc1ccc(-c2nnc(CNC(=O)c3ccncc3)o2)cc1. The summed E-state index contributed by atoms with van der Waals surface area (Å²) in [5.41, 5.74) is 2.55. The standard InChI is InChI=1S/C16H14N4O2/c1-11-2-4-13(5-3-11)16-20-19-14(22-16)10-18-15(21)12-6-8-17-9-7-12/h2-9H,10H2,1H3,(H,18,21). The second-order valence-electron chi connectivity index (χ2n) is 4.79. The summed E-state index contributed by atoms with van der Waals surface area (Å²) in [6.07, 6.45) is 3.13. The monoisotopic (exact) mass is 294 g/mol. The van der Waals surface area contributed by atoms with Crippen molar-refractivity contribution in [3.63, 3.8) is 0 Å². The highest BCUT2D eigenvalue weighted by Crippen LogP contribution is 2.18. The average Bonchev–Trinajstić information content (AvgIpc) is 3.03. The van der Waals surface area contributed by atoms with Crippen LogP contribution in [0.4, 0.5) is 0 Å². The summed E-state index contributed by atoms with van der Waals surface area (Å²) in [5, 5.41) is 10.7. The average molecular weight is 294 g/mol. The van der Waals surface area contributed by atoms with E-state index < -0.39 is 0 Å². The predicted molar refractivity (Wildman–Crippen MR) is 79.9 cm³/mol. The first kappa shape index (κ1) is 13.9.